The molecule has 0 aliphatic rings. The molecule has 0 aliphatic heterocycles. The van der Waals surface area contributed by atoms with Gasteiger partial charge in [-0.25, -0.2) is 0 Å². The predicted octanol–water partition coefficient (Wildman–Crippen LogP) is 5.50. The SMILES string of the molecule is CC[C@H](C)c1ccccc1NC(=S)NC(=O)c1ccc(-c2cccc([N+](=O)[O-])c2)o1. The normalized spacial score (nSPS) is 11.5. The number of thiocarbonyl (C=S) groups is 1. The zero-order valence-corrected chi connectivity index (χ0v) is 17.4. The largest absolute Gasteiger partial charge is 0.451 e. The minimum Gasteiger partial charge on any atom is -0.451 e. The number of nitrogens with zero attached hydrogens (tertiary/aromatic N) is 1. The van der Waals surface area contributed by atoms with Gasteiger partial charge in [0.1, 0.15) is 5.76 Å². The van der Waals surface area contributed by atoms with Crippen molar-refractivity contribution in [1.29, 1.82) is 0 Å². The predicted molar refractivity (Wildman–Crippen MR) is 120 cm³/mol. The van der Waals surface area contributed by atoms with Crippen molar-refractivity contribution in [3.63, 3.8) is 0 Å². The standard InChI is InChI=1S/C22H21N3O4S/c1-3-14(2)17-9-4-5-10-18(17)23-22(30)24-21(26)20-12-11-19(29-20)15-7-6-8-16(13-15)25(27)28/h4-14H,3H2,1-2H3,(H2,23,24,26,30)/t14-/m0/s1. The fourth-order valence-corrected chi connectivity index (χ4v) is 3.17. The second kappa shape index (κ2) is 9.32. The van der Waals surface area contributed by atoms with Crippen LogP contribution in [0.3, 0.4) is 0 Å². The van der Waals surface area contributed by atoms with E-state index in [1.807, 2.05) is 24.3 Å². The number of non-ortho nitro benzene ring substituents is 1. The van der Waals surface area contributed by atoms with Gasteiger partial charge in [0, 0.05) is 23.4 Å². The summed E-state index contributed by atoms with van der Waals surface area (Å²) in [6.45, 7) is 4.23. The van der Waals surface area contributed by atoms with Crippen molar-refractivity contribution >= 4 is 34.6 Å². The summed E-state index contributed by atoms with van der Waals surface area (Å²) in [5.41, 5.74) is 2.41. The summed E-state index contributed by atoms with van der Waals surface area (Å²) >= 11 is 5.28. The summed E-state index contributed by atoms with van der Waals surface area (Å²) in [7, 11) is 0. The van der Waals surface area contributed by atoms with Crippen LogP contribution in [0.15, 0.2) is 65.1 Å². The first kappa shape index (κ1) is 21.2. The molecule has 8 heteroatoms. The molecule has 3 rings (SSSR count). The molecule has 0 saturated heterocycles. The lowest BCUT2D eigenvalue weighted by Gasteiger charge is -2.16. The molecule has 3 aromatic rings. The number of nitro groups is 1. The van der Waals surface area contributed by atoms with E-state index in [-0.39, 0.29) is 16.6 Å². The third-order valence-corrected chi connectivity index (χ3v) is 4.95. The van der Waals surface area contributed by atoms with Crippen molar-refractivity contribution in [2.24, 2.45) is 0 Å². The average molecular weight is 423 g/mol. The summed E-state index contributed by atoms with van der Waals surface area (Å²) < 4.78 is 5.57. The maximum absolute atomic E-state index is 12.5. The summed E-state index contributed by atoms with van der Waals surface area (Å²) in [6.07, 6.45) is 0.977. The van der Waals surface area contributed by atoms with Crippen molar-refractivity contribution < 1.29 is 14.1 Å². The van der Waals surface area contributed by atoms with Gasteiger partial charge in [-0.3, -0.25) is 20.2 Å². The average Bonchev–Trinajstić information content (AvgIpc) is 3.24. The third-order valence-electron chi connectivity index (χ3n) is 4.75. The van der Waals surface area contributed by atoms with Crippen LogP contribution in [0.2, 0.25) is 0 Å². The Hall–Kier alpha value is -3.52. The Morgan fingerprint density at radius 2 is 1.93 bits per heavy atom. The number of para-hydroxylation sites is 1. The highest BCUT2D eigenvalue weighted by molar-refractivity contribution is 7.80. The van der Waals surface area contributed by atoms with Crippen molar-refractivity contribution in [1.82, 2.24) is 5.32 Å². The summed E-state index contributed by atoms with van der Waals surface area (Å²) in [4.78, 5) is 23.0. The van der Waals surface area contributed by atoms with E-state index in [0.717, 1.165) is 17.7 Å². The van der Waals surface area contributed by atoms with E-state index in [2.05, 4.69) is 24.5 Å². The minimum atomic E-state index is -0.509. The molecule has 7 nitrogen and oxygen atoms in total. The lowest BCUT2D eigenvalue weighted by atomic mass is 9.97. The molecule has 30 heavy (non-hydrogen) atoms. The molecule has 0 fully saturated rings. The van der Waals surface area contributed by atoms with Gasteiger partial charge in [0.15, 0.2) is 10.9 Å². The maximum atomic E-state index is 12.5. The molecule has 0 saturated carbocycles. The fourth-order valence-electron chi connectivity index (χ4n) is 2.97. The van der Waals surface area contributed by atoms with Gasteiger partial charge < -0.3 is 9.73 Å². The zero-order valence-electron chi connectivity index (χ0n) is 16.5. The van der Waals surface area contributed by atoms with Crippen LogP contribution in [0.5, 0.6) is 0 Å². The van der Waals surface area contributed by atoms with Gasteiger partial charge in [-0.2, -0.15) is 0 Å². The highest BCUT2D eigenvalue weighted by atomic mass is 32.1. The fraction of sp³-hybridized carbons (Fsp3) is 0.182. The minimum absolute atomic E-state index is 0.0517. The Balaban J connectivity index is 1.70. The van der Waals surface area contributed by atoms with Crippen LogP contribution in [0.4, 0.5) is 11.4 Å². The number of carbonyl (C=O) groups is 1. The van der Waals surface area contributed by atoms with Crippen LogP contribution in [0.1, 0.15) is 42.3 Å². The Bertz CT molecular complexity index is 1090. The Morgan fingerprint density at radius 1 is 1.17 bits per heavy atom. The number of carbonyl (C=O) groups excluding carboxylic acids is 1. The van der Waals surface area contributed by atoms with E-state index in [1.54, 1.807) is 18.2 Å². The molecule has 0 spiro atoms. The van der Waals surface area contributed by atoms with Gasteiger partial charge in [-0.05, 0) is 48.3 Å². The van der Waals surface area contributed by atoms with Gasteiger partial charge in [-0.1, -0.05) is 44.2 Å². The van der Waals surface area contributed by atoms with Crippen LogP contribution < -0.4 is 10.6 Å². The molecular weight excluding hydrogens is 402 g/mol. The van der Waals surface area contributed by atoms with Crippen molar-refractivity contribution in [3.8, 4) is 11.3 Å². The molecule has 2 N–H and O–H groups in total. The van der Waals surface area contributed by atoms with Crippen LogP contribution >= 0.6 is 12.2 Å². The molecule has 154 valence electrons. The van der Waals surface area contributed by atoms with Crippen molar-refractivity contribution in [2.75, 3.05) is 5.32 Å². The Morgan fingerprint density at radius 3 is 2.67 bits per heavy atom. The third kappa shape index (κ3) is 4.90. The monoisotopic (exact) mass is 423 g/mol. The Kier molecular flexibility index (Phi) is 6.58. The molecule has 1 aromatic heterocycles. The number of amides is 1. The van der Waals surface area contributed by atoms with Gasteiger partial charge in [0.2, 0.25) is 0 Å². The second-order valence-corrected chi connectivity index (χ2v) is 7.18. The number of anilines is 1. The first-order valence-electron chi connectivity index (χ1n) is 9.45. The number of rotatable bonds is 6. The van der Waals surface area contributed by atoms with Crippen LogP contribution in [-0.4, -0.2) is 15.9 Å². The number of furan rings is 1. The molecule has 0 aliphatic carbocycles. The van der Waals surface area contributed by atoms with E-state index in [9.17, 15) is 14.9 Å². The zero-order chi connectivity index (χ0) is 21.7. The van der Waals surface area contributed by atoms with Gasteiger partial charge >= 0.3 is 0 Å². The first-order chi connectivity index (χ1) is 14.4. The van der Waals surface area contributed by atoms with Crippen LogP contribution in [0.25, 0.3) is 11.3 Å². The quantitative estimate of drug-likeness (QED) is 0.309. The van der Waals surface area contributed by atoms with Gasteiger partial charge in [0.25, 0.3) is 11.6 Å². The van der Waals surface area contributed by atoms with E-state index < -0.39 is 10.8 Å². The summed E-state index contributed by atoms with van der Waals surface area (Å²) in [5.74, 6) is 0.237. The summed E-state index contributed by atoms with van der Waals surface area (Å²) in [6, 6.07) is 16.9. The van der Waals surface area contributed by atoms with Gasteiger partial charge in [-0.15, -0.1) is 0 Å². The van der Waals surface area contributed by atoms with Crippen molar-refractivity contribution in [3.05, 3.63) is 82.1 Å². The summed E-state index contributed by atoms with van der Waals surface area (Å²) in [5, 5.41) is 16.8. The molecule has 1 atom stereocenters. The van der Waals surface area contributed by atoms with E-state index in [1.165, 1.54) is 18.2 Å². The topological polar surface area (TPSA) is 97.4 Å². The number of benzene rings is 2. The van der Waals surface area contributed by atoms with E-state index >= 15 is 0 Å². The molecule has 1 amide bonds. The van der Waals surface area contributed by atoms with E-state index in [4.69, 9.17) is 16.6 Å². The lowest BCUT2D eigenvalue weighted by molar-refractivity contribution is -0.384. The Labute approximate surface area is 179 Å². The number of hydrogen-bond acceptors (Lipinski definition) is 5. The van der Waals surface area contributed by atoms with Gasteiger partial charge in [0.05, 0.1) is 4.92 Å². The smallest absolute Gasteiger partial charge is 0.293 e. The van der Waals surface area contributed by atoms with Crippen LogP contribution in [0, 0.1) is 10.1 Å². The molecular formula is C22H21N3O4S. The highest BCUT2D eigenvalue weighted by Gasteiger charge is 2.16. The maximum Gasteiger partial charge on any atom is 0.293 e. The highest BCUT2D eigenvalue weighted by Crippen LogP contribution is 2.27. The second-order valence-electron chi connectivity index (χ2n) is 6.78. The molecule has 0 radical (unpaired) electrons. The molecule has 2 aromatic carbocycles. The lowest BCUT2D eigenvalue weighted by Crippen LogP contribution is -2.34. The molecule has 0 bridgehead atoms. The molecule has 0 unspecified atom stereocenters. The molecule has 1 heterocycles. The van der Waals surface area contributed by atoms with Crippen molar-refractivity contribution in [2.45, 2.75) is 26.2 Å². The number of nitrogens with one attached hydrogen (secondary N) is 2. The van der Waals surface area contributed by atoms with Crippen LogP contribution in [-0.2, 0) is 0 Å². The number of hydrogen-bond donors (Lipinski definition) is 2. The first-order valence-corrected chi connectivity index (χ1v) is 9.85. The van der Waals surface area contributed by atoms with E-state index in [0.29, 0.717) is 17.2 Å². The number of nitro benzene ring substituents is 1.